The number of imide groups is 2. The quantitative estimate of drug-likeness (QED) is 0.102. The van der Waals surface area contributed by atoms with E-state index >= 15 is 0 Å². The zero-order valence-corrected chi connectivity index (χ0v) is 34.5. The fourth-order valence-corrected chi connectivity index (χ4v) is 5.56. The second-order valence-corrected chi connectivity index (χ2v) is 13.8. The summed E-state index contributed by atoms with van der Waals surface area (Å²) < 4.78 is 126. The van der Waals surface area contributed by atoms with Crippen LogP contribution in [0.3, 0.4) is 0 Å². The van der Waals surface area contributed by atoms with E-state index in [1.165, 1.54) is 19.6 Å². The average Bonchev–Trinajstić information content (AvgIpc) is 3.19. The highest BCUT2D eigenvalue weighted by Crippen LogP contribution is 2.38. The summed E-state index contributed by atoms with van der Waals surface area (Å²) in [6, 6.07) is 6.56. The van der Waals surface area contributed by atoms with Crippen LogP contribution < -0.4 is 41.7 Å². The molecule has 0 radical (unpaired) electrons. The Kier molecular flexibility index (Phi) is 23.2. The van der Waals surface area contributed by atoms with Crippen molar-refractivity contribution >= 4 is 58.3 Å². The van der Waals surface area contributed by atoms with Crippen LogP contribution in [0.15, 0.2) is 24.3 Å². The number of halogens is 12. The molecule has 18 nitrogen and oxygen atoms in total. The maximum Gasteiger partial charge on any atom is 0.430 e. The van der Waals surface area contributed by atoms with E-state index in [1.54, 1.807) is 24.3 Å². The average molecular weight is 979 g/mol. The van der Waals surface area contributed by atoms with E-state index in [-0.39, 0.29) is 23.6 Å². The molecule has 2 heterocycles. The van der Waals surface area contributed by atoms with Crippen molar-refractivity contribution in [3.05, 3.63) is 46.5 Å². The van der Waals surface area contributed by atoms with Gasteiger partial charge >= 0.3 is 24.7 Å². The third-order valence-electron chi connectivity index (χ3n) is 8.67. The van der Waals surface area contributed by atoms with Crippen molar-refractivity contribution in [2.75, 3.05) is 66.5 Å². The Morgan fingerprint density at radius 3 is 0.803 bits per heavy atom. The van der Waals surface area contributed by atoms with Crippen LogP contribution in [-0.4, -0.2) is 148 Å². The van der Waals surface area contributed by atoms with Gasteiger partial charge in [-0.1, -0.05) is 0 Å². The summed E-state index contributed by atoms with van der Waals surface area (Å²) in [6.45, 7) is 6.17. The predicted molar refractivity (Wildman–Crippen MR) is 186 cm³/mol. The minimum atomic E-state index is -5.19. The molecule has 2 aliphatic heterocycles. The molecular weight excluding hydrogens is 936 g/mol. The van der Waals surface area contributed by atoms with Crippen molar-refractivity contribution in [3.63, 3.8) is 0 Å². The fourth-order valence-electron chi connectivity index (χ4n) is 5.56. The van der Waals surface area contributed by atoms with Gasteiger partial charge in [-0.25, -0.2) is 0 Å². The molecule has 4 amide bonds. The number of carboxylic acid groups (broad SMARTS) is 4. The van der Waals surface area contributed by atoms with Crippen LogP contribution in [0.1, 0.15) is 67.1 Å². The van der Waals surface area contributed by atoms with E-state index < -0.39 is 48.6 Å². The Hall–Kier alpha value is -6.14. The lowest BCUT2D eigenvalue weighted by Gasteiger charge is -2.32. The van der Waals surface area contributed by atoms with E-state index in [4.69, 9.17) is 39.6 Å². The number of carboxylic acids is 4. The Morgan fingerprint density at radius 2 is 0.636 bits per heavy atom. The molecule has 0 saturated carbocycles. The highest BCUT2D eigenvalue weighted by Gasteiger charge is 2.40. The number of carbonyl (C=O) groups is 8. The van der Waals surface area contributed by atoms with E-state index in [9.17, 15) is 71.9 Å². The summed E-state index contributed by atoms with van der Waals surface area (Å²) >= 11 is 0. The second-order valence-electron chi connectivity index (χ2n) is 13.8. The minimum Gasteiger partial charge on any atom is -0.542 e. The molecular formula is C36H42F12N6O12. The molecule has 8 N–H and O–H groups in total. The Labute approximate surface area is 364 Å². The van der Waals surface area contributed by atoms with Crippen molar-refractivity contribution < 1.29 is 133 Å². The number of quaternary nitrogens is 4. The van der Waals surface area contributed by atoms with Gasteiger partial charge in [0, 0.05) is 71.8 Å². The zero-order chi connectivity index (χ0) is 51.7. The number of carbonyl (C=O) groups excluding carboxylic acids is 8. The first-order chi connectivity index (χ1) is 30.1. The molecule has 30 heteroatoms. The third-order valence-corrected chi connectivity index (χ3v) is 8.67. The van der Waals surface area contributed by atoms with Gasteiger partial charge in [0.25, 0.3) is 23.6 Å². The number of alkyl halides is 12. The van der Waals surface area contributed by atoms with Gasteiger partial charge in [-0.3, -0.25) is 29.0 Å². The second kappa shape index (κ2) is 25.5. The molecule has 2 atom stereocenters. The summed E-state index contributed by atoms with van der Waals surface area (Å²) in [5.74, 6) is -13.5. The summed E-state index contributed by atoms with van der Waals surface area (Å²) in [6.07, 6.45) is -17.3. The Morgan fingerprint density at radius 1 is 0.455 bits per heavy atom. The monoisotopic (exact) mass is 978 g/mol. The Balaban J connectivity index is 0.00000122. The van der Waals surface area contributed by atoms with Gasteiger partial charge in [-0.05, 0) is 24.3 Å². The molecule has 2 aromatic carbocycles. The molecule has 4 rings (SSSR count). The molecule has 2 aromatic rings. The maximum absolute atomic E-state index is 13.4. The number of rotatable bonds is 14. The lowest BCUT2D eigenvalue weighted by molar-refractivity contribution is -0.880. The molecule has 2 unspecified atom stereocenters. The van der Waals surface area contributed by atoms with Crippen LogP contribution in [0.5, 0.6) is 0 Å². The number of benzene rings is 2. The van der Waals surface area contributed by atoms with E-state index in [0.29, 0.717) is 59.0 Å². The number of hydrogen-bond donors (Lipinski definition) is 4. The first-order valence-electron chi connectivity index (χ1n) is 18.7. The van der Waals surface area contributed by atoms with Crippen LogP contribution in [0.25, 0.3) is 10.8 Å². The van der Waals surface area contributed by atoms with Gasteiger partial charge in [0.2, 0.25) is 0 Å². The van der Waals surface area contributed by atoms with Crippen molar-refractivity contribution in [3.8, 4) is 0 Å². The third kappa shape index (κ3) is 18.8. The summed E-state index contributed by atoms with van der Waals surface area (Å²) in [5, 5.41) is 36.0. The molecule has 66 heavy (non-hydrogen) atoms. The highest BCUT2D eigenvalue weighted by molar-refractivity contribution is 6.33. The summed E-state index contributed by atoms with van der Waals surface area (Å²) in [4.78, 5) is 94.0. The fraction of sp³-hybridized carbons (Fsp3) is 0.500. The molecule has 0 spiro atoms. The Bertz CT molecular complexity index is 1800. The zero-order valence-electron chi connectivity index (χ0n) is 34.5. The lowest BCUT2D eigenvalue weighted by atomic mass is 9.86. The van der Waals surface area contributed by atoms with Crippen molar-refractivity contribution in [2.24, 2.45) is 0 Å². The van der Waals surface area contributed by atoms with Crippen LogP contribution in [-0.2, 0) is 19.2 Å². The smallest absolute Gasteiger partial charge is 0.430 e. The minimum absolute atomic E-state index is 0.334. The van der Waals surface area contributed by atoms with E-state index in [0.717, 1.165) is 52.1 Å². The largest absolute Gasteiger partial charge is 0.542 e. The molecule has 0 aromatic heterocycles. The van der Waals surface area contributed by atoms with Crippen LogP contribution in [0.2, 0.25) is 0 Å². The predicted octanol–water partition coefficient (Wildman–Crippen LogP) is -5.70. The van der Waals surface area contributed by atoms with Gasteiger partial charge in [-0.15, -0.1) is 0 Å². The van der Waals surface area contributed by atoms with Crippen molar-refractivity contribution in [1.82, 2.24) is 9.80 Å². The van der Waals surface area contributed by atoms with Gasteiger partial charge in [0.15, 0.2) is 0 Å². The summed E-state index contributed by atoms with van der Waals surface area (Å²) in [5.41, 5.74) is 9.26. The standard InChI is InChI=1S/C28H38N6O4.4C2HF3O2/c1-31(13-3-11-29)15-5-17-33-25(35)19-7-9-21-24-22(10-8-20(23(19)24)26(33)36)28(38)34(27(21)37)18-6-16-32(2)14-4-12-30;4*3-2(4,5)1(6)7/h7-10H,3-6,11-18,29-30H2,1-2H3;4*(H,6,7). The number of aliphatic carboxylic acids is 4. The number of hydrogen-bond acceptors (Lipinski definition) is 12. The van der Waals surface area contributed by atoms with Gasteiger partial charge in [0.05, 0.1) is 53.4 Å². The first kappa shape index (κ1) is 59.9. The van der Waals surface area contributed by atoms with Gasteiger partial charge < -0.3 is 60.9 Å². The van der Waals surface area contributed by atoms with Crippen LogP contribution >= 0.6 is 0 Å². The molecule has 0 bridgehead atoms. The van der Waals surface area contributed by atoms with E-state index in [1.807, 2.05) is 0 Å². The molecule has 372 valence electrons. The molecule has 0 saturated heterocycles. The molecule has 0 aliphatic carbocycles. The number of nitrogens with zero attached hydrogens (tertiary/aromatic N) is 2. The number of amides is 4. The van der Waals surface area contributed by atoms with Crippen LogP contribution in [0.4, 0.5) is 52.7 Å². The summed E-state index contributed by atoms with van der Waals surface area (Å²) in [7, 11) is 4.21. The molecule has 0 fully saturated rings. The van der Waals surface area contributed by atoms with Gasteiger partial charge in [-0.2, -0.15) is 52.7 Å². The SMILES string of the molecule is C[NH+](CCC[NH3+])CCCN1C(=O)c2ccc3c4c(ccc(c24)C1=O)C(=O)N(CCC[NH+](C)CCC[NH3+])C3=O.O=C([O-])C(F)(F)F.O=C([O-])C(F)(F)F.O=C([O-])C(F)(F)F.O=C([O-])C(F)(F)F. The van der Waals surface area contributed by atoms with E-state index in [2.05, 4.69) is 25.6 Å². The number of nitrogens with one attached hydrogen (secondary N) is 2. The normalized spacial score (nSPS) is 14.3. The van der Waals surface area contributed by atoms with Crippen molar-refractivity contribution in [2.45, 2.75) is 50.4 Å². The van der Waals surface area contributed by atoms with Gasteiger partial charge in [0.1, 0.15) is 23.9 Å². The highest BCUT2D eigenvalue weighted by atomic mass is 19.4. The maximum atomic E-state index is 13.4. The molecule has 2 aliphatic rings. The topological polar surface area (TPSA) is 299 Å². The van der Waals surface area contributed by atoms with Crippen LogP contribution in [0, 0.1) is 0 Å². The lowest BCUT2D eigenvalue weighted by Crippen LogP contribution is -3.09. The first-order valence-corrected chi connectivity index (χ1v) is 18.7. The van der Waals surface area contributed by atoms with Crippen molar-refractivity contribution in [1.29, 1.82) is 0 Å².